The molecule has 2 heterocycles. The lowest BCUT2D eigenvalue weighted by Crippen LogP contribution is -2.11. The number of unbranched alkanes of at least 4 members (excludes halogenated alkanes) is 1. The molecule has 4 aromatic rings. The summed E-state index contributed by atoms with van der Waals surface area (Å²) in [5, 5.41) is 0. The van der Waals surface area contributed by atoms with Gasteiger partial charge in [-0.25, -0.2) is 19.2 Å². The Labute approximate surface area is 167 Å². The van der Waals surface area contributed by atoms with E-state index in [2.05, 4.69) is 4.98 Å². The molecule has 2 aromatic carbocycles. The standard InChI is InChI=1S/C22H21FN4O2/c1-2-3-12-29-22(28)18-19-21(26-17-7-5-4-6-16(17)25-19)27(20(18)24)13-14-8-10-15(23)11-9-14/h4-11H,2-3,12-13,24H2,1H3. The number of halogens is 1. The number of carbonyl (C=O) groups excluding carboxylic acids is 1. The zero-order valence-electron chi connectivity index (χ0n) is 16.1. The summed E-state index contributed by atoms with van der Waals surface area (Å²) in [5.74, 6) is -0.588. The summed E-state index contributed by atoms with van der Waals surface area (Å²) in [6, 6.07) is 13.5. The van der Waals surface area contributed by atoms with Crippen molar-refractivity contribution in [2.24, 2.45) is 0 Å². The molecule has 0 amide bonds. The maximum atomic E-state index is 13.3. The number of para-hydroxylation sites is 2. The molecule has 7 heteroatoms. The summed E-state index contributed by atoms with van der Waals surface area (Å²) in [6.45, 7) is 2.67. The summed E-state index contributed by atoms with van der Waals surface area (Å²) in [4.78, 5) is 22.1. The highest BCUT2D eigenvalue weighted by Crippen LogP contribution is 2.29. The molecule has 0 saturated carbocycles. The van der Waals surface area contributed by atoms with Gasteiger partial charge in [-0.2, -0.15) is 0 Å². The number of carbonyl (C=O) groups is 1. The second-order valence-electron chi connectivity index (χ2n) is 6.85. The first-order chi connectivity index (χ1) is 14.1. The molecule has 0 aliphatic rings. The van der Waals surface area contributed by atoms with Gasteiger partial charge in [0, 0.05) is 0 Å². The van der Waals surface area contributed by atoms with Gasteiger partial charge in [-0.15, -0.1) is 0 Å². The number of nitrogen functional groups attached to an aromatic ring is 1. The van der Waals surface area contributed by atoms with Crippen LogP contribution >= 0.6 is 0 Å². The first-order valence-electron chi connectivity index (χ1n) is 9.54. The van der Waals surface area contributed by atoms with E-state index in [-0.39, 0.29) is 17.2 Å². The highest BCUT2D eigenvalue weighted by Gasteiger charge is 2.25. The Balaban J connectivity index is 1.86. The predicted molar refractivity (Wildman–Crippen MR) is 110 cm³/mol. The van der Waals surface area contributed by atoms with Gasteiger partial charge in [-0.1, -0.05) is 37.6 Å². The van der Waals surface area contributed by atoms with Gasteiger partial charge in [0.2, 0.25) is 0 Å². The van der Waals surface area contributed by atoms with Gasteiger partial charge in [0.25, 0.3) is 0 Å². The number of nitrogens with zero attached hydrogens (tertiary/aromatic N) is 3. The largest absolute Gasteiger partial charge is 0.462 e. The number of anilines is 1. The minimum atomic E-state index is -0.511. The molecule has 0 bridgehead atoms. The van der Waals surface area contributed by atoms with Gasteiger partial charge in [0.05, 0.1) is 24.2 Å². The molecule has 148 valence electrons. The minimum Gasteiger partial charge on any atom is -0.462 e. The van der Waals surface area contributed by atoms with E-state index in [1.165, 1.54) is 12.1 Å². The van der Waals surface area contributed by atoms with Gasteiger partial charge >= 0.3 is 5.97 Å². The molecule has 2 N–H and O–H groups in total. The van der Waals surface area contributed by atoms with E-state index in [0.717, 1.165) is 18.4 Å². The van der Waals surface area contributed by atoms with E-state index in [1.54, 1.807) is 16.7 Å². The molecule has 0 aliphatic heterocycles. The third-order valence-corrected chi connectivity index (χ3v) is 4.78. The molecule has 29 heavy (non-hydrogen) atoms. The number of rotatable bonds is 6. The number of aromatic nitrogens is 3. The van der Waals surface area contributed by atoms with E-state index in [9.17, 15) is 9.18 Å². The van der Waals surface area contributed by atoms with Crippen LogP contribution in [0.1, 0.15) is 35.7 Å². The lowest BCUT2D eigenvalue weighted by molar-refractivity contribution is 0.0503. The van der Waals surface area contributed by atoms with Crippen LogP contribution in [0.15, 0.2) is 48.5 Å². The molecule has 6 nitrogen and oxygen atoms in total. The van der Waals surface area contributed by atoms with Crippen LogP contribution in [0.3, 0.4) is 0 Å². The molecule has 0 radical (unpaired) electrons. The Morgan fingerprint density at radius 3 is 2.48 bits per heavy atom. The maximum absolute atomic E-state index is 13.3. The van der Waals surface area contributed by atoms with Crippen molar-refractivity contribution in [1.29, 1.82) is 0 Å². The van der Waals surface area contributed by atoms with Crippen LogP contribution in [0.25, 0.3) is 22.2 Å². The number of hydrogen-bond donors (Lipinski definition) is 1. The zero-order chi connectivity index (χ0) is 20.4. The fourth-order valence-electron chi connectivity index (χ4n) is 3.23. The highest BCUT2D eigenvalue weighted by molar-refractivity contribution is 6.08. The Morgan fingerprint density at radius 2 is 1.79 bits per heavy atom. The summed E-state index contributed by atoms with van der Waals surface area (Å²) < 4.78 is 20.4. The Bertz CT molecular complexity index is 1190. The van der Waals surface area contributed by atoms with Crippen LogP contribution in [0.2, 0.25) is 0 Å². The summed E-state index contributed by atoms with van der Waals surface area (Å²) in [7, 11) is 0. The number of benzene rings is 2. The van der Waals surface area contributed by atoms with Crippen molar-refractivity contribution in [2.75, 3.05) is 12.3 Å². The third-order valence-electron chi connectivity index (χ3n) is 4.78. The average molecular weight is 392 g/mol. The van der Waals surface area contributed by atoms with Crippen LogP contribution in [0.4, 0.5) is 10.2 Å². The monoisotopic (exact) mass is 392 g/mol. The Morgan fingerprint density at radius 1 is 1.10 bits per heavy atom. The van der Waals surface area contributed by atoms with Crippen molar-refractivity contribution in [3.8, 4) is 0 Å². The van der Waals surface area contributed by atoms with E-state index < -0.39 is 5.97 Å². The minimum absolute atomic E-state index is 0.219. The van der Waals surface area contributed by atoms with Crippen molar-refractivity contribution in [2.45, 2.75) is 26.3 Å². The lowest BCUT2D eigenvalue weighted by atomic mass is 10.2. The smallest absolute Gasteiger partial charge is 0.344 e. The molecule has 0 saturated heterocycles. The second-order valence-corrected chi connectivity index (χ2v) is 6.85. The molecule has 0 unspecified atom stereocenters. The van der Waals surface area contributed by atoms with Crippen molar-refractivity contribution in [3.63, 3.8) is 0 Å². The van der Waals surface area contributed by atoms with Crippen molar-refractivity contribution in [1.82, 2.24) is 14.5 Å². The topological polar surface area (TPSA) is 83.0 Å². The van der Waals surface area contributed by atoms with E-state index in [4.69, 9.17) is 15.5 Å². The van der Waals surface area contributed by atoms with Gasteiger partial charge in [-0.3, -0.25) is 0 Å². The first kappa shape index (κ1) is 18.9. The maximum Gasteiger partial charge on any atom is 0.344 e. The molecule has 0 spiro atoms. The van der Waals surface area contributed by atoms with Gasteiger partial charge < -0.3 is 15.0 Å². The summed E-state index contributed by atoms with van der Waals surface area (Å²) in [5.41, 5.74) is 9.68. The molecular formula is C22H21FN4O2. The quantitative estimate of drug-likeness (QED) is 0.390. The molecular weight excluding hydrogens is 371 g/mol. The van der Waals surface area contributed by atoms with E-state index in [0.29, 0.717) is 35.3 Å². The number of ether oxygens (including phenoxy) is 1. The number of nitrogens with two attached hydrogens (primary N) is 1. The van der Waals surface area contributed by atoms with Crippen LogP contribution in [0, 0.1) is 5.82 Å². The van der Waals surface area contributed by atoms with Crippen molar-refractivity contribution >= 4 is 34.0 Å². The first-order valence-corrected chi connectivity index (χ1v) is 9.54. The van der Waals surface area contributed by atoms with Gasteiger partial charge in [-0.05, 0) is 36.2 Å². The fourth-order valence-corrected chi connectivity index (χ4v) is 3.23. The molecule has 0 fully saturated rings. The van der Waals surface area contributed by atoms with Crippen molar-refractivity contribution < 1.29 is 13.9 Å². The van der Waals surface area contributed by atoms with Crippen LogP contribution in [-0.4, -0.2) is 27.1 Å². The van der Waals surface area contributed by atoms with Crippen LogP contribution in [0.5, 0.6) is 0 Å². The normalized spacial score (nSPS) is 11.2. The van der Waals surface area contributed by atoms with Gasteiger partial charge in [0.15, 0.2) is 5.65 Å². The van der Waals surface area contributed by atoms with E-state index >= 15 is 0 Å². The number of esters is 1. The highest BCUT2D eigenvalue weighted by atomic mass is 19.1. The second kappa shape index (κ2) is 7.87. The van der Waals surface area contributed by atoms with E-state index in [1.807, 2.05) is 31.2 Å². The molecule has 0 atom stereocenters. The molecule has 2 aromatic heterocycles. The third kappa shape index (κ3) is 3.63. The Hall–Kier alpha value is -3.48. The van der Waals surface area contributed by atoms with Crippen LogP contribution in [-0.2, 0) is 11.3 Å². The molecule has 4 rings (SSSR count). The predicted octanol–water partition coefficient (Wildman–Crippen LogP) is 4.31. The average Bonchev–Trinajstić information content (AvgIpc) is 2.99. The Kier molecular flexibility index (Phi) is 5.12. The number of hydrogen-bond acceptors (Lipinski definition) is 5. The fraction of sp³-hybridized carbons (Fsp3) is 0.227. The summed E-state index contributed by atoms with van der Waals surface area (Å²) in [6.07, 6.45) is 1.69. The van der Waals surface area contributed by atoms with Crippen LogP contribution < -0.4 is 5.73 Å². The molecule has 0 aliphatic carbocycles. The van der Waals surface area contributed by atoms with Gasteiger partial charge in [0.1, 0.15) is 22.7 Å². The lowest BCUT2D eigenvalue weighted by Gasteiger charge is -2.08. The van der Waals surface area contributed by atoms with Crippen molar-refractivity contribution in [3.05, 3.63) is 65.5 Å². The number of fused-ring (bicyclic) bond motifs is 2. The SMILES string of the molecule is CCCCOC(=O)c1c(N)n(Cc2ccc(F)cc2)c2nc3ccccc3nc12. The zero-order valence-corrected chi connectivity index (χ0v) is 16.1. The summed E-state index contributed by atoms with van der Waals surface area (Å²) >= 11 is 0.